The quantitative estimate of drug-likeness (QED) is 0.142. The second-order valence-electron chi connectivity index (χ2n) is 13.2. The van der Waals surface area contributed by atoms with Crippen LogP contribution in [0.1, 0.15) is 36.1 Å². The van der Waals surface area contributed by atoms with E-state index in [4.69, 9.17) is 42.6 Å². The highest BCUT2D eigenvalue weighted by Gasteiger charge is 2.24. The van der Waals surface area contributed by atoms with Gasteiger partial charge in [-0.15, -0.1) is 0 Å². The smallest absolute Gasteiger partial charge is 0.262 e. The lowest BCUT2D eigenvalue weighted by atomic mass is 9.97. The molecule has 1 amide bonds. The van der Waals surface area contributed by atoms with E-state index in [2.05, 4.69) is 16.0 Å². The molecule has 3 atom stereocenters. The van der Waals surface area contributed by atoms with Gasteiger partial charge in [-0.1, -0.05) is 65.7 Å². The minimum atomic E-state index is -0.563. The van der Waals surface area contributed by atoms with Gasteiger partial charge in [0, 0.05) is 84.5 Å². The molecule has 11 nitrogen and oxygen atoms in total. The highest BCUT2D eigenvalue weighted by molar-refractivity contribution is 6.39. The number of hydrogen-bond donors (Lipinski definition) is 4. The molecular formula is C39H40Cl2N6O5. The fourth-order valence-electron chi connectivity index (χ4n) is 6.89. The molecule has 2 saturated heterocycles. The molecule has 2 aliphatic rings. The second kappa shape index (κ2) is 15.7. The molecule has 0 saturated carbocycles. The van der Waals surface area contributed by atoms with Crippen molar-refractivity contribution in [2.24, 2.45) is 0 Å². The maximum absolute atomic E-state index is 13.5. The van der Waals surface area contributed by atoms with Gasteiger partial charge in [-0.2, -0.15) is 0 Å². The molecule has 7 rings (SSSR count). The number of benzene rings is 2. The molecule has 0 bridgehead atoms. The number of pyridine rings is 2. The van der Waals surface area contributed by atoms with Gasteiger partial charge in [0.2, 0.25) is 11.8 Å². The average Bonchev–Trinajstić information content (AvgIpc) is 3.57. The Labute approximate surface area is 311 Å². The van der Waals surface area contributed by atoms with Crippen molar-refractivity contribution in [1.82, 2.24) is 30.3 Å². The molecule has 5 heterocycles. The molecule has 5 aromatic rings. The van der Waals surface area contributed by atoms with Crippen LogP contribution in [0, 0.1) is 6.92 Å². The van der Waals surface area contributed by atoms with Crippen LogP contribution in [0.15, 0.2) is 71.7 Å². The van der Waals surface area contributed by atoms with Crippen LogP contribution < -0.4 is 26.2 Å². The van der Waals surface area contributed by atoms with Crippen molar-refractivity contribution in [2.45, 2.75) is 57.5 Å². The first-order valence-electron chi connectivity index (χ1n) is 17.3. The van der Waals surface area contributed by atoms with Crippen molar-refractivity contribution in [3.05, 3.63) is 104 Å². The van der Waals surface area contributed by atoms with Crippen LogP contribution >= 0.6 is 23.2 Å². The number of nitrogens with zero attached hydrogens (tertiary/aromatic N) is 3. The van der Waals surface area contributed by atoms with Crippen LogP contribution in [0.4, 0.5) is 0 Å². The number of aliphatic hydroxyl groups excluding tert-OH is 1. The Morgan fingerprint density at radius 2 is 1.73 bits per heavy atom. The zero-order chi connectivity index (χ0) is 36.4. The van der Waals surface area contributed by atoms with Gasteiger partial charge < -0.3 is 30.5 Å². The van der Waals surface area contributed by atoms with Crippen molar-refractivity contribution >= 4 is 34.8 Å². The van der Waals surface area contributed by atoms with Crippen molar-refractivity contribution in [3.8, 4) is 39.4 Å². The number of aryl methyl sites for hydroxylation is 1. The summed E-state index contributed by atoms with van der Waals surface area (Å²) in [7, 11) is 1.58. The number of halogens is 2. The summed E-state index contributed by atoms with van der Waals surface area (Å²) in [4.78, 5) is 34.6. The van der Waals surface area contributed by atoms with Crippen LogP contribution in [-0.4, -0.2) is 70.4 Å². The first kappa shape index (κ1) is 36.0. The summed E-state index contributed by atoms with van der Waals surface area (Å²) in [5.74, 6) is 0.529. The highest BCUT2D eigenvalue weighted by Crippen LogP contribution is 2.42. The standard InChI is InChI=1S/C39H40Cl2N6O5/c1-22-30(20-42-19-25-10-12-35(49)45-25)39(50)47-15-13-23(17-34(47)44-22)26-5-3-6-27(36(26)40)28-7-4-8-29(37(28)41)31-11-9-24(38(46-31)51-2)18-43-32-14-16-52-21-33(32)48/h3-9,11,13,15,17,25,32-33,42-43,48H,10,12,14,16,18-21H2,1-2H3,(H,45,49)/t25-,32+,33-/m1/s1. The van der Waals surface area contributed by atoms with Crippen LogP contribution in [0.3, 0.4) is 0 Å². The van der Waals surface area contributed by atoms with Crippen molar-refractivity contribution in [2.75, 3.05) is 26.9 Å². The predicted molar refractivity (Wildman–Crippen MR) is 202 cm³/mol. The second-order valence-corrected chi connectivity index (χ2v) is 13.9. The van der Waals surface area contributed by atoms with E-state index < -0.39 is 6.10 Å². The first-order chi connectivity index (χ1) is 25.2. The third kappa shape index (κ3) is 7.43. The summed E-state index contributed by atoms with van der Waals surface area (Å²) in [6.45, 7) is 4.18. The van der Waals surface area contributed by atoms with Crippen molar-refractivity contribution < 1.29 is 19.4 Å². The highest BCUT2D eigenvalue weighted by atomic mass is 35.5. The lowest BCUT2D eigenvalue weighted by Gasteiger charge is -2.28. The van der Waals surface area contributed by atoms with Gasteiger partial charge in [-0.25, -0.2) is 9.97 Å². The molecule has 0 aliphatic carbocycles. The Kier molecular flexibility index (Phi) is 10.9. The number of methoxy groups -OCH3 is 1. The third-order valence-electron chi connectivity index (χ3n) is 9.80. The monoisotopic (exact) mass is 742 g/mol. The van der Waals surface area contributed by atoms with Gasteiger partial charge in [0.05, 0.1) is 41.1 Å². The summed E-state index contributed by atoms with van der Waals surface area (Å²) >= 11 is 14.2. The fourth-order valence-corrected chi connectivity index (χ4v) is 7.55. The number of nitrogens with one attached hydrogen (secondary N) is 3. The number of rotatable bonds is 11. The van der Waals surface area contributed by atoms with Gasteiger partial charge >= 0.3 is 0 Å². The summed E-state index contributed by atoms with van der Waals surface area (Å²) in [5, 5.41) is 20.9. The number of aliphatic hydroxyl groups is 1. The fraction of sp³-hybridized carbons (Fsp3) is 0.333. The molecule has 3 aromatic heterocycles. The molecule has 270 valence electrons. The molecule has 2 fully saturated rings. The van der Waals surface area contributed by atoms with Gasteiger partial charge in [0.1, 0.15) is 5.65 Å². The SMILES string of the molecule is COc1nc(-c2cccc(-c3cccc(-c4ccn5c(=O)c(CNC[C@H]6CCC(=O)N6)c(C)nc5c4)c3Cl)c2Cl)ccc1CN[C@H]1CCOC[C@H]1O. The average molecular weight is 744 g/mol. The largest absolute Gasteiger partial charge is 0.481 e. The van der Waals surface area contributed by atoms with E-state index in [1.54, 1.807) is 17.7 Å². The number of carbonyl (C=O) groups is 1. The lowest BCUT2D eigenvalue weighted by Crippen LogP contribution is -2.46. The Balaban J connectivity index is 1.13. The van der Waals surface area contributed by atoms with Gasteiger partial charge in [-0.05, 0) is 43.5 Å². The van der Waals surface area contributed by atoms with E-state index in [0.717, 1.165) is 46.2 Å². The Hall–Kier alpha value is -4.36. The Bertz CT molecular complexity index is 2190. The molecule has 4 N–H and O–H groups in total. The van der Waals surface area contributed by atoms with Gasteiger partial charge in [-0.3, -0.25) is 14.0 Å². The Morgan fingerprint density at radius 3 is 2.46 bits per heavy atom. The van der Waals surface area contributed by atoms with E-state index in [0.29, 0.717) is 77.8 Å². The van der Waals surface area contributed by atoms with E-state index >= 15 is 0 Å². The number of hydrogen-bond acceptors (Lipinski definition) is 9. The molecule has 2 aliphatic heterocycles. The van der Waals surface area contributed by atoms with Crippen molar-refractivity contribution in [1.29, 1.82) is 0 Å². The summed E-state index contributed by atoms with van der Waals surface area (Å²) in [6, 6.07) is 19.1. The summed E-state index contributed by atoms with van der Waals surface area (Å²) in [6.07, 6.45) is 3.20. The van der Waals surface area contributed by atoms with E-state index in [-0.39, 0.29) is 23.6 Å². The molecule has 13 heteroatoms. The maximum atomic E-state index is 13.5. The van der Waals surface area contributed by atoms with Crippen molar-refractivity contribution in [3.63, 3.8) is 0 Å². The number of aromatic nitrogens is 3. The maximum Gasteiger partial charge on any atom is 0.262 e. The number of ether oxygens (including phenoxy) is 2. The van der Waals surface area contributed by atoms with Gasteiger partial charge in [0.15, 0.2) is 0 Å². The van der Waals surface area contributed by atoms with Crippen LogP contribution in [0.5, 0.6) is 5.88 Å². The van der Waals surface area contributed by atoms with Crippen LogP contribution in [-0.2, 0) is 22.6 Å². The van der Waals surface area contributed by atoms with E-state index in [9.17, 15) is 14.7 Å². The Morgan fingerprint density at radius 1 is 0.981 bits per heavy atom. The predicted octanol–water partition coefficient (Wildman–Crippen LogP) is 5.32. The number of fused-ring (bicyclic) bond motifs is 1. The third-order valence-corrected chi connectivity index (χ3v) is 10.6. The zero-order valence-electron chi connectivity index (χ0n) is 28.9. The normalized spacial score (nSPS) is 18.9. The van der Waals surface area contributed by atoms with Gasteiger partial charge in [0.25, 0.3) is 5.56 Å². The summed E-state index contributed by atoms with van der Waals surface area (Å²) in [5.41, 5.74) is 6.87. The zero-order valence-corrected chi connectivity index (χ0v) is 30.4. The van der Waals surface area contributed by atoms with Crippen LogP contribution in [0.25, 0.3) is 39.2 Å². The topological polar surface area (TPSA) is 139 Å². The number of amides is 1. The lowest BCUT2D eigenvalue weighted by molar-refractivity contribution is -0.119. The molecular weight excluding hydrogens is 703 g/mol. The van der Waals surface area contributed by atoms with E-state index in [1.165, 1.54) is 0 Å². The molecule has 0 radical (unpaired) electrons. The molecule has 2 aromatic carbocycles. The molecule has 0 spiro atoms. The first-order valence-corrected chi connectivity index (χ1v) is 18.1. The minimum absolute atomic E-state index is 0.0615. The number of carbonyl (C=O) groups excluding carboxylic acids is 1. The molecule has 52 heavy (non-hydrogen) atoms. The summed E-state index contributed by atoms with van der Waals surface area (Å²) < 4.78 is 12.5. The van der Waals surface area contributed by atoms with E-state index in [1.807, 2.05) is 67.6 Å². The van der Waals surface area contributed by atoms with Crippen LogP contribution in [0.2, 0.25) is 10.0 Å². The minimum Gasteiger partial charge on any atom is -0.481 e. The molecule has 0 unspecified atom stereocenters.